The molecule has 1 amide bonds. The van der Waals surface area contributed by atoms with Crippen LogP contribution in [0.25, 0.3) is 0 Å². The van der Waals surface area contributed by atoms with E-state index in [4.69, 9.17) is 10.00 Å². The lowest BCUT2D eigenvalue weighted by Gasteiger charge is -2.22. The number of nitrogens with zero attached hydrogens (tertiary/aromatic N) is 3. The second-order valence-corrected chi connectivity index (χ2v) is 6.85. The SMILES string of the molecule is N#Cc1ccccc1Oc1ccc(NC(=O)c2ccn(C3CCNCC3)n2)cc1. The quantitative estimate of drug-likeness (QED) is 0.696. The number of rotatable bonds is 5. The van der Waals surface area contributed by atoms with Gasteiger partial charge in [0.25, 0.3) is 5.91 Å². The summed E-state index contributed by atoms with van der Waals surface area (Å²) in [5.74, 6) is 0.831. The molecule has 0 saturated carbocycles. The van der Waals surface area contributed by atoms with E-state index in [-0.39, 0.29) is 5.91 Å². The predicted molar refractivity (Wildman–Crippen MR) is 109 cm³/mol. The number of nitriles is 1. The molecule has 1 aliphatic rings. The van der Waals surface area contributed by atoms with Crippen molar-refractivity contribution in [2.24, 2.45) is 0 Å². The largest absolute Gasteiger partial charge is 0.456 e. The number of amides is 1. The summed E-state index contributed by atoms with van der Waals surface area (Å²) in [6, 6.07) is 18.2. The van der Waals surface area contributed by atoms with Crippen molar-refractivity contribution in [1.82, 2.24) is 15.1 Å². The van der Waals surface area contributed by atoms with E-state index in [0.29, 0.717) is 34.5 Å². The Morgan fingerprint density at radius 2 is 1.90 bits per heavy atom. The lowest BCUT2D eigenvalue weighted by molar-refractivity contribution is 0.102. The number of hydrogen-bond acceptors (Lipinski definition) is 5. The van der Waals surface area contributed by atoms with Gasteiger partial charge in [-0.1, -0.05) is 12.1 Å². The van der Waals surface area contributed by atoms with Crippen LogP contribution in [0.5, 0.6) is 11.5 Å². The molecule has 29 heavy (non-hydrogen) atoms. The van der Waals surface area contributed by atoms with Crippen molar-refractivity contribution in [1.29, 1.82) is 5.26 Å². The molecule has 7 heteroatoms. The van der Waals surface area contributed by atoms with E-state index < -0.39 is 0 Å². The number of para-hydroxylation sites is 1. The molecule has 2 N–H and O–H groups in total. The molecule has 0 unspecified atom stereocenters. The van der Waals surface area contributed by atoms with Gasteiger partial charge in [-0.05, 0) is 68.4 Å². The highest BCUT2D eigenvalue weighted by Crippen LogP contribution is 2.26. The standard InChI is InChI=1S/C22H21N5O2/c23-15-16-3-1-2-4-21(16)29-19-7-5-17(6-8-19)25-22(28)20-11-14-27(26-20)18-9-12-24-13-10-18/h1-8,11,14,18,24H,9-10,12-13H2,(H,25,28). The summed E-state index contributed by atoms with van der Waals surface area (Å²) >= 11 is 0. The Morgan fingerprint density at radius 3 is 2.66 bits per heavy atom. The molecule has 1 aromatic heterocycles. The Labute approximate surface area is 168 Å². The fourth-order valence-corrected chi connectivity index (χ4v) is 3.31. The summed E-state index contributed by atoms with van der Waals surface area (Å²) in [4.78, 5) is 12.5. The van der Waals surface area contributed by atoms with Crippen molar-refractivity contribution in [3.05, 3.63) is 72.1 Å². The number of ether oxygens (including phenoxy) is 1. The average molecular weight is 387 g/mol. The summed E-state index contributed by atoms with van der Waals surface area (Å²) in [6.45, 7) is 1.94. The van der Waals surface area contributed by atoms with E-state index in [0.717, 1.165) is 25.9 Å². The van der Waals surface area contributed by atoms with Gasteiger partial charge in [0, 0.05) is 11.9 Å². The van der Waals surface area contributed by atoms with Crippen LogP contribution in [0.4, 0.5) is 5.69 Å². The molecule has 7 nitrogen and oxygen atoms in total. The Kier molecular flexibility index (Phi) is 5.54. The van der Waals surface area contributed by atoms with Gasteiger partial charge >= 0.3 is 0 Å². The maximum Gasteiger partial charge on any atom is 0.276 e. The fraction of sp³-hybridized carbons (Fsp3) is 0.227. The van der Waals surface area contributed by atoms with Crippen LogP contribution < -0.4 is 15.4 Å². The van der Waals surface area contributed by atoms with Crippen molar-refractivity contribution in [3.8, 4) is 17.6 Å². The van der Waals surface area contributed by atoms with Gasteiger partial charge < -0.3 is 15.4 Å². The third kappa shape index (κ3) is 4.45. The predicted octanol–water partition coefficient (Wildman–Crippen LogP) is 3.72. The molecule has 2 aromatic carbocycles. The van der Waals surface area contributed by atoms with Gasteiger partial charge in [-0.25, -0.2) is 0 Å². The van der Waals surface area contributed by atoms with E-state index in [1.165, 1.54) is 0 Å². The van der Waals surface area contributed by atoms with Gasteiger partial charge in [-0.15, -0.1) is 0 Å². The van der Waals surface area contributed by atoms with Crippen LogP contribution in [0.15, 0.2) is 60.8 Å². The number of hydrogen-bond donors (Lipinski definition) is 2. The first-order valence-electron chi connectivity index (χ1n) is 9.57. The number of carbonyl (C=O) groups excluding carboxylic acids is 1. The molecule has 1 saturated heterocycles. The molecular formula is C22H21N5O2. The zero-order valence-corrected chi connectivity index (χ0v) is 15.8. The zero-order valence-electron chi connectivity index (χ0n) is 15.8. The Balaban J connectivity index is 1.39. The van der Waals surface area contributed by atoms with Crippen molar-refractivity contribution < 1.29 is 9.53 Å². The molecule has 3 aromatic rings. The van der Waals surface area contributed by atoms with E-state index in [9.17, 15) is 4.79 Å². The number of benzene rings is 2. The molecule has 4 rings (SSSR count). The summed E-state index contributed by atoms with van der Waals surface area (Å²) < 4.78 is 7.65. The molecule has 2 heterocycles. The van der Waals surface area contributed by atoms with Gasteiger partial charge in [-0.2, -0.15) is 10.4 Å². The zero-order chi connectivity index (χ0) is 20.1. The van der Waals surface area contributed by atoms with E-state index in [1.807, 2.05) is 16.9 Å². The van der Waals surface area contributed by atoms with Crippen LogP contribution in [0.3, 0.4) is 0 Å². The van der Waals surface area contributed by atoms with Crippen LogP contribution in [-0.2, 0) is 0 Å². The van der Waals surface area contributed by atoms with E-state index in [2.05, 4.69) is 21.8 Å². The van der Waals surface area contributed by atoms with Crippen molar-refractivity contribution in [3.63, 3.8) is 0 Å². The van der Waals surface area contributed by atoms with Gasteiger partial charge in [0.15, 0.2) is 5.69 Å². The normalized spacial score (nSPS) is 14.2. The van der Waals surface area contributed by atoms with Crippen LogP contribution >= 0.6 is 0 Å². The molecule has 1 aliphatic heterocycles. The van der Waals surface area contributed by atoms with E-state index >= 15 is 0 Å². The third-order valence-corrected chi connectivity index (χ3v) is 4.87. The maximum absolute atomic E-state index is 12.5. The minimum absolute atomic E-state index is 0.249. The first-order chi connectivity index (χ1) is 14.2. The fourth-order valence-electron chi connectivity index (χ4n) is 3.31. The maximum atomic E-state index is 12.5. The van der Waals surface area contributed by atoms with Gasteiger partial charge in [0.1, 0.15) is 17.6 Å². The minimum atomic E-state index is -0.249. The summed E-state index contributed by atoms with van der Waals surface area (Å²) in [5, 5.41) is 19.8. The monoisotopic (exact) mass is 387 g/mol. The van der Waals surface area contributed by atoms with Gasteiger partial charge in [-0.3, -0.25) is 9.48 Å². The van der Waals surface area contributed by atoms with Crippen molar-refractivity contribution in [2.75, 3.05) is 18.4 Å². The summed E-state index contributed by atoms with van der Waals surface area (Å²) in [6.07, 6.45) is 3.90. The van der Waals surface area contributed by atoms with Crippen LogP contribution in [0.2, 0.25) is 0 Å². The lowest BCUT2D eigenvalue weighted by Crippen LogP contribution is -2.29. The molecule has 1 fully saturated rings. The molecule has 146 valence electrons. The molecule has 0 spiro atoms. The first-order valence-corrected chi connectivity index (χ1v) is 9.57. The number of nitrogens with one attached hydrogen (secondary N) is 2. The van der Waals surface area contributed by atoms with Gasteiger partial charge in [0.05, 0.1) is 11.6 Å². The average Bonchev–Trinajstić information content (AvgIpc) is 3.27. The number of piperidine rings is 1. The molecule has 0 bridgehead atoms. The molecular weight excluding hydrogens is 366 g/mol. The Morgan fingerprint density at radius 1 is 1.14 bits per heavy atom. The van der Waals surface area contributed by atoms with Crippen LogP contribution in [0.1, 0.15) is 34.9 Å². The highest BCUT2D eigenvalue weighted by Gasteiger charge is 2.17. The van der Waals surface area contributed by atoms with Gasteiger partial charge in [0.2, 0.25) is 0 Å². The smallest absolute Gasteiger partial charge is 0.276 e. The molecule has 0 radical (unpaired) electrons. The Hall–Kier alpha value is -3.63. The summed E-state index contributed by atoms with van der Waals surface area (Å²) in [7, 11) is 0. The van der Waals surface area contributed by atoms with Crippen molar-refractivity contribution in [2.45, 2.75) is 18.9 Å². The van der Waals surface area contributed by atoms with Crippen LogP contribution in [0, 0.1) is 11.3 Å². The number of anilines is 1. The number of aromatic nitrogens is 2. The summed E-state index contributed by atoms with van der Waals surface area (Å²) in [5.41, 5.74) is 1.51. The lowest BCUT2D eigenvalue weighted by atomic mass is 10.1. The second kappa shape index (κ2) is 8.59. The Bertz CT molecular complexity index is 1030. The topological polar surface area (TPSA) is 92.0 Å². The van der Waals surface area contributed by atoms with Crippen LogP contribution in [-0.4, -0.2) is 28.8 Å². The molecule has 0 atom stereocenters. The second-order valence-electron chi connectivity index (χ2n) is 6.85. The third-order valence-electron chi connectivity index (χ3n) is 4.87. The first kappa shape index (κ1) is 18.7. The number of carbonyl (C=O) groups is 1. The highest BCUT2D eigenvalue weighted by atomic mass is 16.5. The minimum Gasteiger partial charge on any atom is -0.456 e. The van der Waals surface area contributed by atoms with Crippen molar-refractivity contribution >= 4 is 11.6 Å². The highest BCUT2D eigenvalue weighted by molar-refractivity contribution is 6.02. The van der Waals surface area contributed by atoms with E-state index in [1.54, 1.807) is 48.5 Å². The molecule has 0 aliphatic carbocycles.